The normalized spacial score (nSPS) is 13.8. The van der Waals surface area contributed by atoms with E-state index in [1.54, 1.807) is 0 Å². The molecule has 0 aromatic rings. The minimum absolute atomic E-state index is 0.107. The molecule has 0 amide bonds. The first-order chi connectivity index (χ1) is 52.4. The highest BCUT2D eigenvalue weighted by Gasteiger charge is 2.31. The maximum atomic E-state index is 13.2. The van der Waals surface area contributed by atoms with Gasteiger partial charge in [-0.3, -0.25) is 37.3 Å². The second kappa shape index (κ2) is 80.3. The van der Waals surface area contributed by atoms with Crippen LogP contribution in [0.4, 0.5) is 0 Å². The van der Waals surface area contributed by atoms with E-state index in [1.165, 1.54) is 295 Å². The molecule has 0 aliphatic heterocycles. The number of carbonyl (C=O) groups is 4. The van der Waals surface area contributed by atoms with E-state index in [0.717, 1.165) is 102 Å². The number of hydrogen-bond acceptors (Lipinski definition) is 15. The molecule has 0 fully saturated rings. The molecule has 0 bridgehead atoms. The number of phosphoric acid groups is 2. The summed E-state index contributed by atoms with van der Waals surface area (Å²) in [6.07, 6.45) is 73.8. The lowest BCUT2D eigenvalue weighted by atomic mass is 10.0. The zero-order valence-electron chi connectivity index (χ0n) is 71.2. The molecule has 17 nitrogen and oxygen atoms in total. The van der Waals surface area contributed by atoms with Gasteiger partial charge in [-0.1, -0.05) is 427 Å². The Balaban J connectivity index is 5.24. The molecule has 0 heterocycles. The van der Waals surface area contributed by atoms with Gasteiger partial charge in [0.05, 0.1) is 26.4 Å². The molecule has 642 valence electrons. The zero-order valence-corrected chi connectivity index (χ0v) is 73.0. The van der Waals surface area contributed by atoms with Crippen LogP contribution in [0.25, 0.3) is 0 Å². The van der Waals surface area contributed by atoms with Crippen molar-refractivity contribution >= 4 is 39.5 Å². The second-order valence-corrected chi connectivity index (χ2v) is 35.8. The average molecular weight is 1580 g/mol. The van der Waals surface area contributed by atoms with Gasteiger partial charge in [0.1, 0.15) is 19.3 Å². The number of hydrogen-bond donors (Lipinski definition) is 3. The van der Waals surface area contributed by atoms with Gasteiger partial charge in [0.15, 0.2) is 12.2 Å². The van der Waals surface area contributed by atoms with Gasteiger partial charge in [-0.25, -0.2) is 9.13 Å². The van der Waals surface area contributed by atoms with Gasteiger partial charge in [0.2, 0.25) is 0 Å². The van der Waals surface area contributed by atoms with Gasteiger partial charge in [-0.15, -0.1) is 0 Å². The fourth-order valence-electron chi connectivity index (χ4n) is 14.0. The van der Waals surface area contributed by atoms with Crippen molar-refractivity contribution in [2.45, 2.75) is 496 Å². The van der Waals surface area contributed by atoms with Gasteiger partial charge in [0.25, 0.3) is 0 Å². The number of aliphatic hydroxyl groups is 1. The van der Waals surface area contributed by atoms with Crippen molar-refractivity contribution in [3.8, 4) is 0 Å². The number of carbonyl (C=O) groups excluding carboxylic acids is 4. The van der Waals surface area contributed by atoms with E-state index >= 15 is 0 Å². The highest BCUT2D eigenvalue weighted by molar-refractivity contribution is 7.47. The maximum Gasteiger partial charge on any atom is 0.472 e. The summed E-state index contributed by atoms with van der Waals surface area (Å²) in [6, 6.07) is 0. The second-order valence-electron chi connectivity index (χ2n) is 32.9. The van der Waals surface area contributed by atoms with Crippen LogP contribution in [0.15, 0.2) is 0 Å². The van der Waals surface area contributed by atoms with Gasteiger partial charge in [0, 0.05) is 25.7 Å². The smallest absolute Gasteiger partial charge is 0.462 e. The van der Waals surface area contributed by atoms with Crippen molar-refractivity contribution in [1.29, 1.82) is 0 Å². The van der Waals surface area contributed by atoms with Crippen molar-refractivity contribution in [1.82, 2.24) is 0 Å². The van der Waals surface area contributed by atoms with Gasteiger partial charge < -0.3 is 33.8 Å². The number of ether oxygens (including phenoxy) is 4. The predicted octanol–water partition coefficient (Wildman–Crippen LogP) is 27.4. The first-order valence-electron chi connectivity index (χ1n) is 46.0. The lowest BCUT2D eigenvalue weighted by Gasteiger charge is -2.21. The van der Waals surface area contributed by atoms with Crippen LogP contribution in [0.1, 0.15) is 478 Å². The molecule has 0 spiro atoms. The topological polar surface area (TPSA) is 237 Å². The average Bonchev–Trinajstić information content (AvgIpc) is 0.899. The fraction of sp³-hybridized carbons (Fsp3) is 0.955. The molecule has 108 heavy (non-hydrogen) atoms. The zero-order chi connectivity index (χ0) is 79.2. The number of phosphoric ester groups is 2. The number of unbranched alkanes of at least 4 members (excludes halogenated alkanes) is 58. The standard InChI is InChI=1S/C89H174O17P2/c1-7-9-11-13-15-17-19-21-23-25-27-28-30-32-34-39-43-47-55-61-67-73-88(93)105-84(77-99-86(91)71-65-59-53-46-42-38-33-31-29-26-24-22-20-18-16-14-12-10-8-2)79-103-107(95,96)101-75-83(90)76-102-108(97,98)104-80-85(78-100-87(92)72-66-60-54-50-49-52-58-64-70-82(5)6)106-89(94)74-68-62-56-48-44-40-36-35-37-41-45-51-57-63-69-81(3)4/h81-85,90H,7-80H2,1-6H3,(H,95,96)(H,97,98)/t83-,84-,85-/m1/s1. The van der Waals surface area contributed by atoms with E-state index in [1.807, 2.05) is 0 Å². The molecule has 0 saturated carbocycles. The summed E-state index contributed by atoms with van der Waals surface area (Å²) in [5, 5.41) is 10.7. The van der Waals surface area contributed by atoms with E-state index in [2.05, 4.69) is 41.5 Å². The van der Waals surface area contributed by atoms with E-state index in [0.29, 0.717) is 25.7 Å². The van der Waals surface area contributed by atoms with E-state index in [-0.39, 0.29) is 25.7 Å². The minimum atomic E-state index is -4.97. The summed E-state index contributed by atoms with van der Waals surface area (Å²) in [4.78, 5) is 73.3. The molecule has 0 rings (SSSR count). The lowest BCUT2D eigenvalue weighted by Crippen LogP contribution is -2.30. The van der Waals surface area contributed by atoms with Crippen molar-refractivity contribution in [2.24, 2.45) is 11.8 Å². The molecular formula is C89H174O17P2. The number of rotatable bonds is 88. The summed E-state index contributed by atoms with van der Waals surface area (Å²) in [6.45, 7) is 9.67. The van der Waals surface area contributed by atoms with Crippen LogP contribution >= 0.6 is 15.6 Å². The fourth-order valence-corrected chi connectivity index (χ4v) is 15.5. The Morgan fingerprint density at radius 3 is 0.630 bits per heavy atom. The summed E-state index contributed by atoms with van der Waals surface area (Å²) < 4.78 is 69.0. The van der Waals surface area contributed by atoms with Crippen LogP contribution in [-0.2, 0) is 65.4 Å². The summed E-state index contributed by atoms with van der Waals surface area (Å²) in [7, 11) is -9.93. The molecule has 3 N–H and O–H groups in total. The minimum Gasteiger partial charge on any atom is -0.462 e. The summed E-state index contributed by atoms with van der Waals surface area (Å²) in [5.74, 6) is -0.578. The summed E-state index contributed by atoms with van der Waals surface area (Å²) >= 11 is 0. The van der Waals surface area contributed by atoms with Crippen molar-refractivity contribution in [2.75, 3.05) is 39.6 Å². The highest BCUT2D eigenvalue weighted by atomic mass is 31.2. The lowest BCUT2D eigenvalue weighted by molar-refractivity contribution is -0.161. The SMILES string of the molecule is CCCCCCCCCCCCCCCCCCCCCCCC(=O)O[C@H](COC(=O)CCCCCCCCCCCCCCCCCCCCC)COP(=O)(O)OC[C@@H](O)COP(=O)(O)OC[C@@H](COC(=O)CCCCCCCCCCC(C)C)OC(=O)CCCCCCCCCCCCCCCCC(C)C. The van der Waals surface area contributed by atoms with Crippen molar-refractivity contribution in [3.63, 3.8) is 0 Å². The van der Waals surface area contributed by atoms with Crippen molar-refractivity contribution < 1.29 is 80.2 Å². The molecule has 0 aliphatic rings. The van der Waals surface area contributed by atoms with Gasteiger partial charge in [-0.05, 0) is 37.5 Å². The quantitative estimate of drug-likeness (QED) is 0.0222. The third kappa shape index (κ3) is 82.1. The van der Waals surface area contributed by atoms with Crippen LogP contribution in [0.5, 0.6) is 0 Å². The third-order valence-corrected chi connectivity index (χ3v) is 22.9. The van der Waals surface area contributed by atoms with Gasteiger partial charge >= 0.3 is 39.5 Å². The molecule has 0 aliphatic carbocycles. The molecule has 5 atom stereocenters. The molecule has 19 heteroatoms. The molecule has 0 aromatic heterocycles. The Morgan fingerprint density at radius 2 is 0.426 bits per heavy atom. The molecule has 0 saturated heterocycles. The van der Waals surface area contributed by atoms with Crippen molar-refractivity contribution in [3.05, 3.63) is 0 Å². The van der Waals surface area contributed by atoms with Crippen LogP contribution in [-0.4, -0.2) is 96.7 Å². The van der Waals surface area contributed by atoms with Crippen LogP contribution in [0.3, 0.4) is 0 Å². The first kappa shape index (κ1) is 106. The summed E-state index contributed by atoms with van der Waals surface area (Å²) in [5.41, 5.74) is 0. The maximum absolute atomic E-state index is 13.2. The highest BCUT2D eigenvalue weighted by Crippen LogP contribution is 2.45. The van der Waals surface area contributed by atoms with E-state index < -0.39 is 97.5 Å². The number of esters is 4. The van der Waals surface area contributed by atoms with Crippen LogP contribution in [0, 0.1) is 11.8 Å². The van der Waals surface area contributed by atoms with E-state index in [9.17, 15) is 43.2 Å². The van der Waals surface area contributed by atoms with Crippen LogP contribution < -0.4 is 0 Å². The molecular weight excluding hydrogens is 1400 g/mol. The molecule has 2 unspecified atom stereocenters. The Hall–Kier alpha value is -1.94. The Labute approximate surface area is 664 Å². The molecule has 0 aromatic carbocycles. The Morgan fingerprint density at radius 1 is 0.250 bits per heavy atom. The monoisotopic (exact) mass is 1580 g/mol. The van der Waals surface area contributed by atoms with Crippen LogP contribution in [0.2, 0.25) is 0 Å². The largest absolute Gasteiger partial charge is 0.472 e. The molecule has 0 radical (unpaired) electrons. The first-order valence-corrected chi connectivity index (χ1v) is 49.0. The Kier molecular flexibility index (Phi) is 78.8. The van der Waals surface area contributed by atoms with Gasteiger partial charge in [-0.2, -0.15) is 0 Å². The van der Waals surface area contributed by atoms with E-state index in [4.69, 9.17) is 37.0 Å². The third-order valence-electron chi connectivity index (χ3n) is 21.0. The predicted molar refractivity (Wildman–Crippen MR) is 446 cm³/mol. The Bertz CT molecular complexity index is 2060. The number of aliphatic hydroxyl groups excluding tert-OH is 1.